The number of hydrogen-bond acceptors (Lipinski definition) is 5. The van der Waals surface area contributed by atoms with Crippen LogP contribution in [0.2, 0.25) is 0 Å². The van der Waals surface area contributed by atoms with Gasteiger partial charge in [-0.15, -0.1) is 0 Å². The molecular formula is C15H17N3O4S. The van der Waals surface area contributed by atoms with Crippen LogP contribution < -0.4 is 5.32 Å². The Balaban J connectivity index is 1.81. The zero-order chi connectivity index (χ0) is 16.6. The molecule has 1 N–H and O–H groups in total. The third-order valence-corrected chi connectivity index (χ3v) is 5.78. The second-order valence-corrected chi connectivity index (χ2v) is 7.98. The quantitative estimate of drug-likeness (QED) is 0.773. The molecule has 2 aliphatic heterocycles. The molecule has 1 aromatic rings. The Morgan fingerprint density at radius 1 is 1.30 bits per heavy atom. The predicted octanol–water partition coefficient (Wildman–Crippen LogP) is -0.218. The van der Waals surface area contributed by atoms with Crippen molar-refractivity contribution in [2.24, 2.45) is 11.0 Å². The van der Waals surface area contributed by atoms with Gasteiger partial charge in [0.05, 0.1) is 17.2 Å². The van der Waals surface area contributed by atoms with Gasteiger partial charge in [0.1, 0.15) is 0 Å². The van der Waals surface area contributed by atoms with Crippen LogP contribution in [-0.4, -0.2) is 55.5 Å². The second-order valence-electron chi connectivity index (χ2n) is 5.75. The van der Waals surface area contributed by atoms with Gasteiger partial charge in [-0.2, -0.15) is 5.10 Å². The van der Waals surface area contributed by atoms with Gasteiger partial charge < -0.3 is 5.32 Å². The molecule has 2 heterocycles. The highest BCUT2D eigenvalue weighted by Gasteiger charge is 2.41. The first kappa shape index (κ1) is 15.7. The third kappa shape index (κ3) is 3.12. The standard InChI is InChI=1S/C15H17N3O4S/c1-18-15(20)12(13(17-18)10-5-3-2-4-6-10)14(19)16-11-7-8-23(21,22)9-11/h2-6,11-12H,7-9H2,1H3,(H,16,19). The number of hydrazone groups is 1. The summed E-state index contributed by atoms with van der Waals surface area (Å²) in [7, 11) is -1.60. The Morgan fingerprint density at radius 3 is 2.61 bits per heavy atom. The van der Waals surface area contributed by atoms with E-state index in [9.17, 15) is 18.0 Å². The molecule has 2 aliphatic rings. The van der Waals surface area contributed by atoms with Crippen molar-refractivity contribution < 1.29 is 18.0 Å². The van der Waals surface area contributed by atoms with Crippen LogP contribution in [-0.2, 0) is 19.4 Å². The molecule has 7 nitrogen and oxygen atoms in total. The summed E-state index contributed by atoms with van der Waals surface area (Å²) >= 11 is 0. The number of hydrogen-bond donors (Lipinski definition) is 1. The number of nitrogens with zero attached hydrogens (tertiary/aromatic N) is 2. The van der Waals surface area contributed by atoms with E-state index in [-0.39, 0.29) is 11.5 Å². The van der Waals surface area contributed by atoms with Crippen molar-refractivity contribution in [1.29, 1.82) is 0 Å². The minimum atomic E-state index is -3.09. The Morgan fingerprint density at radius 2 is 2.00 bits per heavy atom. The molecule has 0 spiro atoms. The zero-order valence-corrected chi connectivity index (χ0v) is 13.4. The van der Waals surface area contributed by atoms with E-state index in [1.54, 1.807) is 24.3 Å². The van der Waals surface area contributed by atoms with Crippen LogP contribution in [0.1, 0.15) is 12.0 Å². The van der Waals surface area contributed by atoms with Crippen molar-refractivity contribution in [1.82, 2.24) is 10.3 Å². The van der Waals surface area contributed by atoms with Gasteiger partial charge >= 0.3 is 0 Å². The Bertz CT molecular complexity index is 773. The van der Waals surface area contributed by atoms with Gasteiger partial charge in [-0.1, -0.05) is 30.3 Å². The first-order valence-corrected chi connectivity index (χ1v) is 9.12. The van der Waals surface area contributed by atoms with Crippen LogP contribution in [0.15, 0.2) is 35.4 Å². The highest BCUT2D eigenvalue weighted by atomic mass is 32.2. The maximum atomic E-state index is 12.5. The number of benzene rings is 1. The molecule has 122 valence electrons. The molecule has 23 heavy (non-hydrogen) atoms. The lowest BCUT2D eigenvalue weighted by atomic mass is 9.95. The van der Waals surface area contributed by atoms with Gasteiger partial charge in [0.15, 0.2) is 15.8 Å². The number of carbonyl (C=O) groups is 2. The molecule has 8 heteroatoms. The Kier molecular flexibility index (Phi) is 3.93. The van der Waals surface area contributed by atoms with Crippen molar-refractivity contribution in [2.75, 3.05) is 18.6 Å². The topological polar surface area (TPSA) is 95.9 Å². The average molecular weight is 335 g/mol. The first-order valence-electron chi connectivity index (χ1n) is 7.30. The van der Waals surface area contributed by atoms with Crippen LogP contribution in [0.25, 0.3) is 0 Å². The largest absolute Gasteiger partial charge is 0.351 e. The van der Waals surface area contributed by atoms with E-state index < -0.39 is 33.6 Å². The number of amides is 2. The second kappa shape index (κ2) is 5.77. The van der Waals surface area contributed by atoms with E-state index in [1.807, 2.05) is 6.07 Å². The maximum Gasteiger partial charge on any atom is 0.261 e. The van der Waals surface area contributed by atoms with E-state index in [0.717, 1.165) is 5.01 Å². The summed E-state index contributed by atoms with van der Waals surface area (Å²) in [6, 6.07) is 8.57. The highest BCUT2D eigenvalue weighted by molar-refractivity contribution is 7.91. The van der Waals surface area contributed by atoms with Gasteiger partial charge in [-0.25, -0.2) is 13.4 Å². The fraction of sp³-hybridized carbons (Fsp3) is 0.400. The van der Waals surface area contributed by atoms with Crippen molar-refractivity contribution in [2.45, 2.75) is 12.5 Å². The van der Waals surface area contributed by atoms with Crippen molar-refractivity contribution in [3.05, 3.63) is 35.9 Å². The molecule has 0 saturated carbocycles. The summed E-state index contributed by atoms with van der Waals surface area (Å²) in [5.41, 5.74) is 1.08. The van der Waals surface area contributed by atoms with Crippen LogP contribution in [0.4, 0.5) is 0 Å². The fourth-order valence-corrected chi connectivity index (χ4v) is 4.51. The lowest BCUT2D eigenvalue weighted by molar-refractivity contribution is -0.136. The van der Waals surface area contributed by atoms with Crippen LogP contribution in [0.5, 0.6) is 0 Å². The first-order chi connectivity index (χ1) is 10.9. The molecule has 3 rings (SSSR count). The van der Waals surface area contributed by atoms with E-state index in [0.29, 0.717) is 17.7 Å². The molecule has 2 unspecified atom stereocenters. The molecular weight excluding hydrogens is 318 g/mol. The summed E-state index contributed by atoms with van der Waals surface area (Å²) in [5.74, 6) is -1.96. The van der Waals surface area contributed by atoms with Crippen molar-refractivity contribution >= 4 is 27.4 Å². The summed E-state index contributed by atoms with van der Waals surface area (Å²) in [5, 5.41) is 8.00. The molecule has 1 aromatic carbocycles. The number of nitrogens with one attached hydrogen (secondary N) is 1. The number of sulfone groups is 1. The Hall–Kier alpha value is -2.22. The molecule has 0 bridgehead atoms. The monoisotopic (exact) mass is 335 g/mol. The van der Waals surface area contributed by atoms with E-state index >= 15 is 0 Å². The van der Waals surface area contributed by atoms with E-state index in [2.05, 4.69) is 10.4 Å². The highest BCUT2D eigenvalue weighted by Crippen LogP contribution is 2.21. The molecule has 1 saturated heterocycles. The zero-order valence-electron chi connectivity index (χ0n) is 12.6. The Labute approximate surface area is 134 Å². The number of rotatable bonds is 3. The van der Waals surface area contributed by atoms with Gasteiger partial charge in [0, 0.05) is 13.1 Å². The summed E-state index contributed by atoms with van der Waals surface area (Å²) < 4.78 is 23.0. The third-order valence-electron chi connectivity index (χ3n) is 4.01. The molecule has 1 fully saturated rings. The minimum absolute atomic E-state index is 0.0656. The fourth-order valence-electron chi connectivity index (χ4n) is 2.84. The lowest BCUT2D eigenvalue weighted by Crippen LogP contribution is -2.45. The van der Waals surface area contributed by atoms with Crippen LogP contribution >= 0.6 is 0 Å². The predicted molar refractivity (Wildman–Crippen MR) is 84.4 cm³/mol. The smallest absolute Gasteiger partial charge is 0.261 e. The SMILES string of the molecule is CN1N=C(c2ccccc2)C(C(=O)NC2CCS(=O)(=O)C2)C1=O. The van der Waals surface area contributed by atoms with Crippen LogP contribution in [0.3, 0.4) is 0 Å². The maximum absolute atomic E-state index is 12.5. The number of carbonyl (C=O) groups excluding carboxylic acids is 2. The lowest BCUT2D eigenvalue weighted by Gasteiger charge is -2.15. The van der Waals surface area contributed by atoms with Crippen molar-refractivity contribution in [3.63, 3.8) is 0 Å². The van der Waals surface area contributed by atoms with Gasteiger partial charge in [0.25, 0.3) is 5.91 Å². The normalized spacial score (nSPS) is 26.2. The minimum Gasteiger partial charge on any atom is -0.351 e. The molecule has 0 aliphatic carbocycles. The van der Waals surface area contributed by atoms with Gasteiger partial charge in [-0.05, 0) is 12.0 Å². The summed E-state index contributed by atoms with van der Waals surface area (Å²) in [4.78, 5) is 24.8. The van der Waals surface area contributed by atoms with Gasteiger partial charge in [-0.3, -0.25) is 9.59 Å². The molecule has 2 atom stereocenters. The van der Waals surface area contributed by atoms with Crippen molar-refractivity contribution in [3.8, 4) is 0 Å². The average Bonchev–Trinajstić information content (AvgIpc) is 3.00. The molecule has 0 radical (unpaired) electrons. The van der Waals surface area contributed by atoms with E-state index in [1.165, 1.54) is 7.05 Å². The van der Waals surface area contributed by atoms with E-state index in [4.69, 9.17) is 0 Å². The van der Waals surface area contributed by atoms with Gasteiger partial charge in [0.2, 0.25) is 5.91 Å². The molecule has 0 aromatic heterocycles. The summed E-state index contributed by atoms with van der Waals surface area (Å²) in [6.07, 6.45) is 0.378. The molecule has 2 amide bonds. The van der Waals surface area contributed by atoms with Crippen LogP contribution in [0, 0.1) is 5.92 Å². The summed E-state index contributed by atoms with van der Waals surface area (Å²) in [6.45, 7) is 0.